The number of carbonyl (C=O) groups excluding carboxylic acids is 2. The Hall–Kier alpha value is -1.03. The summed E-state index contributed by atoms with van der Waals surface area (Å²) in [5.74, 6) is -0.297. The zero-order valence-corrected chi connectivity index (χ0v) is 11.4. The van der Waals surface area contributed by atoms with Crippen LogP contribution in [0, 0.1) is 0 Å². The van der Waals surface area contributed by atoms with Gasteiger partial charge in [0, 0.05) is 0 Å². The summed E-state index contributed by atoms with van der Waals surface area (Å²) in [5, 5.41) is 0. The minimum absolute atomic E-state index is 0.230. The van der Waals surface area contributed by atoms with E-state index in [1.807, 2.05) is 12.1 Å². The van der Waals surface area contributed by atoms with Crippen molar-refractivity contribution in [2.45, 2.75) is 11.2 Å². The molecule has 0 aromatic heterocycles. The van der Waals surface area contributed by atoms with E-state index in [1.165, 1.54) is 0 Å². The van der Waals surface area contributed by atoms with Gasteiger partial charge in [-0.05, 0) is 0 Å². The number of hydrogen-bond acceptors (Lipinski definition) is 2. The van der Waals surface area contributed by atoms with E-state index in [2.05, 4.69) is 3.96 Å². The Balaban J connectivity index is 2.43. The molecule has 2 N–H and O–H groups in total. The van der Waals surface area contributed by atoms with Crippen molar-refractivity contribution >= 4 is 41.6 Å². The molecule has 0 saturated heterocycles. The van der Waals surface area contributed by atoms with Crippen LogP contribution < -0.4 is 10.2 Å². The van der Waals surface area contributed by atoms with E-state index in [0.717, 1.165) is 4.46 Å². The molecule has 6 heteroatoms. The average Bonchev–Trinajstić information content (AvgIpc) is 2.64. The zero-order valence-electron chi connectivity index (χ0n) is 8.93. The molecule has 2 atom stereocenters. The molecule has 2 amide bonds. The molecule has 0 fully saturated rings. The number of carbonyl (C=O) groups is 2. The van der Waals surface area contributed by atoms with Crippen LogP contribution in [-0.4, -0.2) is 31.4 Å². The summed E-state index contributed by atoms with van der Waals surface area (Å²) in [7, 11) is 0. The number of amides is 2. The van der Waals surface area contributed by atoms with Gasteiger partial charge < -0.3 is 0 Å². The van der Waals surface area contributed by atoms with E-state index >= 15 is 0 Å². The SMILES string of the molecule is NC(=O)C(CCCl)[Se]1=NC(=O)c2ccccc21. The van der Waals surface area contributed by atoms with Gasteiger partial charge in [0.05, 0.1) is 0 Å². The Bertz CT molecular complexity index is 516. The number of nitrogens with two attached hydrogens (primary N) is 1. The van der Waals surface area contributed by atoms with E-state index in [0.29, 0.717) is 17.9 Å². The normalized spacial score (nSPS) is 19.6. The van der Waals surface area contributed by atoms with Gasteiger partial charge >= 0.3 is 108 Å². The predicted molar refractivity (Wildman–Crippen MR) is 66.9 cm³/mol. The van der Waals surface area contributed by atoms with E-state index < -0.39 is 19.6 Å². The third-order valence-electron chi connectivity index (χ3n) is 2.48. The minimum atomic E-state index is -1.86. The van der Waals surface area contributed by atoms with Crippen LogP contribution >= 0.6 is 11.6 Å². The van der Waals surface area contributed by atoms with Crippen molar-refractivity contribution in [3.8, 4) is 0 Å². The van der Waals surface area contributed by atoms with Crippen molar-refractivity contribution in [1.29, 1.82) is 0 Å². The van der Waals surface area contributed by atoms with E-state index in [-0.39, 0.29) is 10.7 Å². The molecule has 90 valence electrons. The first-order valence-electron chi connectivity index (χ1n) is 5.08. The standard InChI is InChI=1S/C11H11ClN2O2Se/c12-6-5-9(10(13)15)17-8-4-2-1-3-7(8)11(16)14-17/h1-4,9H,5-6H2,(H2,13,15). The van der Waals surface area contributed by atoms with Crippen LogP contribution in [0.5, 0.6) is 0 Å². The molecule has 2 unspecified atom stereocenters. The van der Waals surface area contributed by atoms with Crippen LogP contribution in [0.25, 0.3) is 0 Å². The van der Waals surface area contributed by atoms with E-state index in [4.69, 9.17) is 17.3 Å². The Labute approximate surface area is 108 Å². The molecule has 0 bridgehead atoms. The Morgan fingerprint density at radius 1 is 1.47 bits per heavy atom. The molecule has 0 saturated carbocycles. The third-order valence-corrected chi connectivity index (χ3v) is 7.27. The van der Waals surface area contributed by atoms with Gasteiger partial charge in [-0.3, -0.25) is 0 Å². The Morgan fingerprint density at radius 2 is 2.18 bits per heavy atom. The molecular weight excluding hydrogens is 307 g/mol. The van der Waals surface area contributed by atoms with Crippen molar-refractivity contribution in [3.05, 3.63) is 29.8 Å². The summed E-state index contributed by atoms with van der Waals surface area (Å²) >= 11 is 3.81. The first kappa shape index (κ1) is 12.4. The monoisotopic (exact) mass is 318 g/mol. The van der Waals surface area contributed by atoms with Crippen LogP contribution in [0.4, 0.5) is 0 Å². The van der Waals surface area contributed by atoms with Gasteiger partial charge in [0.1, 0.15) is 0 Å². The Morgan fingerprint density at radius 3 is 2.82 bits per heavy atom. The fraction of sp³-hybridized carbons (Fsp3) is 0.273. The first-order chi connectivity index (χ1) is 8.15. The number of nitrogens with zero attached hydrogens (tertiary/aromatic N) is 1. The summed E-state index contributed by atoms with van der Waals surface area (Å²) in [6, 6.07) is 7.24. The number of alkyl halides is 1. The van der Waals surface area contributed by atoms with Gasteiger partial charge in [-0.1, -0.05) is 0 Å². The van der Waals surface area contributed by atoms with Crippen LogP contribution in [0.3, 0.4) is 0 Å². The van der Waals surface area contributed by atoms with Crippen molar-refractivity contribution in [2.75, 3.05) is 5.88 Å². The summed E-state index contributed by atoms with van der Waals surface area (Å²) in [5.41, 5.74) is 5.98. The Kier molecular flexibility index (Phi) is 3.72. The average molecular weight is 318 g/mol. The summed E-state index contributed by atoms with van der Waals surface area (Å²) in [4.78, 5) is 22.7. The number of halogens is 1. The molecule has 1 heterocycles. The number of hydrogen-bond donors (Lipinski definition) is 1. The second-order valence-corrected chi connectivity index (χ2v) is 7.77. The molecule has 0 aliphatic carbocycles. The topological polar surface area (TPSA) is 72.5 Å². The van der Waals surface area contributed by atoms with Gasteiger partial charge in [0.25, 0.3) is 0 Å². The summed E-state index contributed by atoms with van der Waals surface area (Å²) < 4.78 is 5.02. The quantitative estimate of drug-likeness (QED) is 0.659. The second kappa shape index (κ2) is 5.08. The molecule has 1 aromatic carbocycles. The molecule has 17 heavy (non-hydrogen) atoms. The van der Waals surface area contributed by atoms with Gasteiger partial charge in [-0.2, -0.15) is 0 Å². The van der Waals surface area contributed by atoms with Crippen molar-refractivity contribution in [3.63, 3.8) is 0 Å². The van der Waals surface area contributed by atoms with Crippen LogP contribution in [0.15, 0.2) is 28.2 Å². The summed E-state index contributed by atoms with van der Waals surface area (Å²) in [6.07, 6.45) is 0.479. The van der Waals surface area contributed by atoms with Gasteiger partial charge in [0.2, 0.25) is 0 Å². The molecule has 4 nitrogen and oxygen atoms in total. The fourth-order valence-corrected chi connectivity index (χ4v) is 6.34. The van der Waals surface area contributed by atoms with Crippen molar-refractivity contribution in [1.82, 2.24) is 0 Å². The van der Waals surface area contributed by atoms with Crippen LogP contribution in [0.2, 0.25) is 4.82 Å². The van der Waals surface area contributed by atoms with Gasteiger partial charge in [-0.25, -0.2) is 0 Å². The predicted octanol–water partition coefficient (Wildman–Crippen LogP) is 0.792. The molecule has 1 aromatic rings. The number of fused-ring (bicyclic) bond motifs is 1. The number of rotatable bonds is 4. The first-order valence-corrected chi connectivity index (χ1v) is 8.23. The molecular formula is C11H11ClN2O2Se. The molecule has 2 rings (SSSR count). The number of primary amides is 1. The maximum atomic E-state index is 11.7. The maximum absolute atomic E-state index is 11.7. The van der Waals surface area contributed by atoms with Crippen molar-refractivity contribution < 1.29 is 9.59 Å². The van der Waals surface area contributed by atoms with E-state index in [1.54, 1.807) is 12.1 Å². The van der Waals surface area contributed by atoms with Crippen LogP contribution in [0.1, 0.15) is 16.8 Å². The molecule has 1 aliphatic rings. The van der Waals surface area contributed by atoms with Gasteiger partial charge in [0.15, 0.2) is 0 Å². The van der Waals surface area contributed by atoms with Crippen LogP contribution in [-0.2, 0) is 4.79 Å². The second-order valence-electron chi connectivity index (χ2n) is 3.58. The third kappa shape index (κ3) is 2.32. The molecule has 0 radical (unpaired) electrons. The summed E-state index contributed by atoms with van der Waals surface area (Å²) in [6.45, 7) is 0. The zero-order chi connectivity index (χ0) is 12.4. The number of benzene rings is 1. The molecule has 1 aliphatic heterocycles. The fourth-order valence-electron chi connectivity index (χ4n) is 1.69. The van der Waals surface area contributed by atoms with Gasteiger partial charge in [-0.15, -0.1) is 0 Å². The van der Waals surface area contributed by atoms with E-state index in [9.17, 15) is 9.59 Å². The molecule has 0 spiro atoms. The van der Waals surface area contributed by atoms with Crippen molar-refractivity contribution in [2.24, 2.45) is 9.70 Å².